The quantitative estimate of drug-likeness (QED) is 0.261. The number of benzene rings is 3. The molecule has 2 saturated heterocycles. The summed E-state index contributed by atoms with van der Waals surface area (Å²) < 4.78 is 0. The summed E-state index contributed by atoms with van der Waals surface area (Å²) in [4.78, 5) is 46.0. The van der Waals surface area contributed by atoms with E-state index < -0.39 is 5.41 Å². The van der Waals surface area contributed by atoms with Gasteiger partial charge >= 0.3 is 0 Å². The van der Waals surface area contributed by atoms with Crippen LogP contribution in [0.3, 0.4) is 0 Å². The van der Waals surface area contributed by atoms with E-state index in [0.29, 0.717) is 18.4 Å². The van der Waals surface area contributed by atoms with Crippen molar-refractivity contribution in [3.05, 3.63) is 93.7 Å². The zero-order valence-corrected chi connectivity index (χ0v) is 26.5. The molecule has 0 radical (unpaired) electrons. The Kier molecular flexibility index (Phi) is 7.41. The summed E-state index contributed by atoms with van der Waals surface area (Å²) in [5.41, 5.74) is 8.91. The average molecular weight is 615 g/mol. The zero-order chi connectivity index (χ0) is 32.2. The van der Waals surface area contributed by atoms with Crippen molar-refractivity contribution >= 4 is 39.9 Å². The third-order valence-corrected chi connectivity index (χ3v) is 9.95. The van der Waals surface area contributed by atoms with E-state index in [1.54, 1.807) is 6.07 Å². The van der Waals surface area contributed by atoms with Gasteiger partial charge in [-0.25, -0.2) is 0 Å². The van der Waals surface area contributed by atoms with E-state index in [0.717, 1.165) is 78.1 Å². The van der Waals surface area contributed by atoms with Gasteiger partial charge in [-0.2, -0.15) is 5.26 Å². The molecule has 1 atom stereocenters. The first-order chi connectivity index (χ1) is 22.2. The van der Waals surface area contributed by atoms with Crippen molar-refractivity contribution in [1.82, 2.24) is 15.2 Å². The van der Waals surface area contributed by atoms with E-state index in [1.165, 1.54) is 16.8 Å². The molecule has 1 aromatic heterocycles. The van der Waals surface area contributed by atoms with Gasteiger partial charge in [0.05, 0.1) is 17.2 Å². The van der Waals surface area contributed by atoms with Crippen molar-refractivity contribution in [2.45, 2.75) is 58.0 Å². The molecule has 0 saturated carbocycles. The largest absolute Gasteiger partial charge is 0.374 e. The first-order valence-electron chi connectivity index (χ1n) is 16.1. The van der Waals surface area contributed by atoms with Crippen LogP contribution in [0.25, 0.3) is 10.9 Å². The monoisotopic (exact) mass is 614 g/mol. The van der Waals surface area contributed by atoms with Gasteiger partial charge in [-0.3, -0.25) is 24.6 Å². The van der Waals surface area contributed by atoms with Gasteiger partial charge in [0.2, 0.25) is 11.8 Å². The molecule has 9 nitrogen and oxygen atoms in total. The molecule has 1 unspecified atom stereocenters. The molecule has 2 aliphatic heterocycles. The molecular formula is C37H38N6O3. The first-order valence-corrected chi connectivity index (χ1v) is 16.1. The van der Waals surface area contributed by atoms with Gasteiger partial charge in [0.1, 0.15) is 6.04 Å². The number of nitrogens with one attached hydrogen (secondary N) is 3. The second kappa shape index (κ2) is 11.5. The maximum absolute atomic E-state index is 14.0. The fourth-order valence-corrected chi connectivity index (χ4v) is 7.30. The minimum Gasteiger partial charge on any atom is -0.374 e. The molecule has 0 spiro atoms. The summed E-state index contributed by atoms with van der Waals surface area (Å²) in [6, 6.07) is 19.9. The van der Waals surface area contributed by atoms with E-state index >= 15 is 0 Å². The fraction of sp³-hybridized carbons (Fsp3) is 0.351. The summed E-state index contributed by atoms with van der Waals surface area (Å²) in [7, 11) is 0. The highest BCUT2D eigenvalue weighted by Gasteiger charge is 2.40. The second-order valence-corrected chi connectivity index (χ2v) is 13.2. The molecule has 0 bridgehead atoms. The molecule has 2 amide bonds. The number of amides is 2. The summed E-state index contributed by atoms with van der Waals surface area (Å²) in [5, 5.41) is 15.9. The number of aromatic nitrogens is 1. The van der Waals surface area contributed by atoms with Crippen molar-refractivity contribution < 1.29 is 14.4 Å². The number of anilines is 2. The van der Waals surface area contributed by atoms with Crippen molar-refractivity contribution in [3.8, 4) is 6.07 Å². The van der Waals surface area contributed by atoms with E-state index in [-0.39, 0.29) is 23.6 Å². The number of aromatic amines is 1. The molecule has 3 heterocycles. The number of nitriles is 1. The molecule has 46 heavy (non-hydrogen) atoms. The number of ketones is 1. The lowest BCUT2D eigenvalue weighted by Gasteiger charge is -2.39. The maximum atomic E-state index is 14.0. The SMILES string of the molecule is CCc1cc2c(cc1N1CCN(Cc3ccc(NC4CCC(=O)NC4=O)cc3)CC1)C(C)(C)c1[nH]c3cc(C#N)ccc3c1C2=O. The topological polar surface area (TPSA) is 121 Å². The van der Waals surface area contributed by atoms with Crippen LogP contribution in [-0.4, -0.2) is 59.7 Å². The number of aryl methyl sites for hydroxylation is 1. The minimum atomic E-state index is -0.410. The van der Waals surface area contributed by atoms with Crippen LogP contribution < -0.4 is 15.5 Å². The summed E-state index contributed by atoms with van der Waals surface area (Å²) in [5.74, 6) is -0.434. The van der Waals surface area contributed by atoms with Crippen LogP contribution in [0.15, 0.2) is 54.6 Å². The zero-order valence-electron chi connectivity index (χ0n) is 26.5. The van der Waals surface area contributed by atoms with Crippen molar-refractivity contribution in [2.75, 3.05) is 36.4 Å². The highest BCUT2D eigenvalue weighted by atomic mass is 16.2. The van der Waals surface area contributed by atoms with E-state index in [1.807, 2.05) is 24.3 Å². The normalized spacial score (nSPS) is 19.4. The lowest BCUT2D eigenvalue weighted by molar-refractivity contribution is -0.133. The van der Waals surface area contributed by atoms with Gasteiger partial charge in [-0.15, -0.1) is 0 Å². The molecule has 9 heteroatoms. The van der Waals surface area contributed by atoms with Crippen LogP contribution in [0.4, 0.5) is 11.4 Å². The lowest BCUT2D eigenvalue weighted by atomic mass is 9.70. The number of carbonyl (C=O) groups excluding carboxylic acids is 3. The van der Waals surface area contributed by atoms with Gasteiger partial charge in [-0.05, 0) is 65.9 Å². The number of rotatable bonds is 6. The summed E-state index contributed by atoms with van der Waals surface area (Å²) in [6.45, 7) is 11.0. The third-order valence-electron chi connectivity index (χ3n) is 9.95. The Labute approximate surface area is 268 Å². The summed E-state index contributed by atoms with van der Waals surface area (Å²) >= 11 is 0. The lowest BCUT2D eigenvalue weighted by Crippen LogP contribution is -2.47. The van der Waals surface area contributed by atoms with Crippen LogP contribution >= 0.6 is 0 Å². The van der Waals surface area contributed by atoms with Gasteiger partial charge in [-0.1, -0.05) is 39.0 Å². The van der Waals surface area contributed by atoms with Crippen molar-refractivity contribution in [1.29, 1.82) is 5.26 Å². The number of carbonyl (C=O) groups is 3. The number of fused-ring (bicyclic) bond motifs is 4. The number of H-pyrrole nitrogens is 1. The molecule has 4 aromatic rings. The predicted octanol–water partition coefficient (Wildman–Crippen LogP) is 5.01. The number of piperazine rings is 1. The van der Waals surface area contributed by atoms with Crippen LogP contribution in [0.1, 0.15) is 77.5 Å². The molecule has 7 rings (SSSR count). The molecule has 3 aromatic carbocycles. The second-order valence-electron chi connectivity index (χ2n) is 13.2. The molecule has 234 valence electrons. The van der Waals surface area contributed by atoms with Gasteiger partial charge in [0.15, 0.2) is 5.78 Å². The molecular weight excluding hydrogens is 576 g/mol. The van der Waals surface area contributed by atoms with Crippen LogP contribution in [0.2, 0.25) is 0 Å². The third kappa shape index (κ3) is 5.13. The Bertz CT molecular complexity index is 1930. The van der Waals surface area contributed by atoms with Gasteiger partial charge in [0, 0.05) is 78.1 Å². The van der Waals surface area contributed by atoms with E-state index in [4.69, 9.17) is 0 Å². The minimum absolute atomic E-state index is 0.0460. The van der Waals surface area contributed by atoms with E-state index in [9.17, 15) is 19.6 Å². The highest BCUT2D eigenvalue weighted by molar-refractivity contribution is 6.20. The smallest absolute Gasteiger partial charge is 0.249 e. The summed E-state index contributed by atoms with van der Waals surface area (Å²) in [6.07, 6.45) is 1.69. The number of hydrogen-bond acceptors (Lipinski definition) is 7. The maximum Gasteiger partial charge on any atom is 0.249 e. The fourth-order valence-electron chi connectivity index (χ4n) is 7.30. The van der Waals surface area contributed by atoms with Crippen LogP contribution in [0, 0.1) is 11.3 Å². The Morgan fingerprint density at radius 3 is 2.46 bits per heavy atom. The Morgan fingerprint density at radius 1 is 1.00 bits per heavy atom. The molecule has 3 aliphatic rings. The first kappa shape index (κ1) is 29.8. The van der Waals surface area contributed by atoms with Crippen molar-refractivity contribution in [3.63, 3.8) is 0 Å². The van der Waals surface area contributed by atoms with Crippen LogP contribution in [0.5, 0.6) is 0 Å². The van der Waals surface area contributed by atoms with Crippen LogP contribution in [-0.2, 0) is 28.0 Å². The number of nitrogens with zero attached hydrogens (tertiary/aromatic N) is 3. The molecule has 1 aliphatic carbocycles. The van der Waals surface area contributed by atoms with E-state index in [2.05, 4.69) is 76.5 Å². The average Bonchev–Trinajstić information content (AvgIpc) is 3.46. The Morgan fingerprint density at radius 2 is 1.76 bits per heavy atom. The standard InChI is InChI=1S/C37H38N6O3/c1-4-24-18-27-28(37(2,3)35-33(34(27)45)26-10-7-23(20-38)17-30(26)40-35)19-31(24)43-15-13-42(14-16-43)21-22-5-8-25(9-6-22)39-29-11-12-32(44)41-36(29)46/h5-10,17-19,29,39-40H,4,11-16,21H2,1-3H3,(H,41,44,46). The molecule has 2 fully saturated rings. The molecule has 3 N–H and O–H groups in total. The number of hydrogen-bond donors (Lipinski definition) is 3. The van der Waals surface area contributed by atoms with Gasteiger partial charge < -0.3 is 15.2 Å². The number of imide groups is 1. The predicted molar refractivity (Wildman–Crippen MR) is 178 cm³/mol. The van der Waals surface area contributed by atoms with Crippen molar-refractivity contribution in [2.24, 2.45) is 0 Å². The van der Waals surface area contributed by atoms with Gasteiger partial charge in [0.25, 0.3) is 0 Å². The number of piperidine rings is 1. The highest BCUT2D eigenvalue weighted by Crippen LogP contribution is 2.46. The Balaban J connectivity index is 1.06. The Hall–Kier alpha value is -4.94.